The molecule has 0 unspecified atom stereocenters. The molecule has 0 saturated carbocycles. The Bertz CT molecular complexity index is 700. The third-order valence-electron chi connectivity index (χ3n) is 2.90. The Morgan fingerprint density at radius 3 is 2.87 bits per heavy atom. The van der Waals surface area contributed by atoms with Crippen molar-refractivity contribution in [2.75, 3.05) is 26.8 Å². The molecule has 1 heterocycles. The van der Waals surface area contributed by atoms with Crippen LogP contribution in [0.1, 0.15) is 11.3 Å². The SMILES string of the molecule is COC(=O)Cc1csc(N/N=C\c2cccc(OC)c2OC)n1. The van der Waals surface area contributed by atoms with Crippen molar-refractivity contribution in [1.29, 1.82) is 0 Å². The summed E-state index contributed by atoms with van der Waals surface area (Å²) in [5.74, 6) is 0.906. The molecule has 1 N–H and O–H groups in total. The zero-order chi connectivity index (χ0) is 16.7. The van der Waals surface area contributed by atoms with Crippen LogP contribution in [-0.4, -0.2) is 38.5 Å². The van der Waals surface area contributed by atoms with Gasteiger partial charge in [0.25, 0.3) is 0 Å². The van der Waals surface area contributed by atoms with Crippen molar-refractivity contribution in [3.05, 3.63) is 34.8 Å². The molecule has 0 aliphatic carbocycles. The van der Waals surface area contributed by atoms with Gasteiger partial charge in [0.2, 0.25) is 5.13 Å². The quantitative estimate of drug-likeness (QED) is 0.475. The van der Waals surface area contributed by atoms with Crippen LogP contribution in [0.3, 0.4) is 0 Å². The Kier molecular flexibility index (Phi) is 5.93. The first-order chi connectivity index (χ1) is 11.2. The van der Waals surface area contributed by atoms with Crippen molar-refractivity contribution in [2.24, 2.45) is 5.10 Å². The average Bonchev–Trinajstić information content (AvgIpc) is 3.01. The van der Waals surface area contributed by atoms with E-state index in [-0.39, 0.29) is 12.4 Å². The lowest BCUT2D eigenvalue weighted by molar-refractivity contribution is -0.139. The van der Waals surface area contributed by atoms with Crippen molar-refractivity contribution < 1.29 is 19.0 Å². The lowest BCUT2D eigenvalue weighted by Gasteiger charge is -2.09. The van der Waals surface area contributed by atoms with Gasteiger partial charge in [-0.05, 0) is 12.1 Å². The predicted octanol–water partition coefficient (Wildman–Crippen LogP) is 2.32. The number of benzene rings is 1. The number of para-hydroxylation sites is 1. The van der Waals surface area contributed by atoms with Crippen LogP contribution in [0.2, 0.25) is 0 Å². The van der Waals surface area contributed by atoms with Gasteiger partial charge in [0.15, 0.2) is 11.5 Å². The van der Waals surface area contributed by atoms with Crippen LogP contribution in [0.25, 0.3) is 0 Å². The number of methoxy groups -OCH3 is 3. The standard InChI is InChI=1S/C15H17N3O4S/c1-20-12-6-4-5-10(14(12)22-3)8-16-18-15-17-11(9-23-15)7-13(19)21-2/h4-6,8-9H,7H2,1-3H3,(H,17,18)/b16-8-. The lowest BCUT2D eigenvalue weighted by Crippen LogP contribution is -2.04. The fourth-order valence-corrected chi connectivity index (χ4v) is 2.49. The van der Waals surface area contributed by atoms with Gasteiger partial charge in [-0.3, -0.25) is 10.2 Å². The van der Waals surface area contributed by atoms with Crippen LogP contribution in [-0.2, 0) is 16.0 Å². The highest BCUT2D eigenvalue weighted by atomic mass is 32.1. The minimum absolute atomic E-state index is 0.141. The summed E-state index contributed by atoms with van der Waals surface area (Å²) in [6.45, 7) is 0. The first-order valence-electron chi connectivity index (χ1n) is 6.69. The minimum atomic E-state index is -0.327. The monoisotopic (exact) mass is 335 g/mol. The molecule has 1 aromatic carbocycles. The Balaban J connectivity index is 2.03. The number of hydrazone groups is 1. The van der Waals surface area contributed by atoms with Gasteiger partial charge in [0.05, 0.1) is 39.7 Å². The first-order valence-corrected chi connectivity index (χ1v) is 7.57. The Hall–Kier alpha value is -2.61. The maximum absolute atomic E-state index is 11.2. The Morgan fingerprint density at radius 2 is 2.17 bits per heavy atom. The highest BCUT2D eigenvalue weighted by molar-refractivity contribution is 7.13. The first kappa shape index (κ1) is 16.8. The normalized spacial score (nSPS) is 10.6. The molecule has 7 nitrogen and oxygen atoms in total. The van der Waals surface area contributed by atoms with E-state index in [1.165, 1.54) is 18.4 Å². The van der Waals surface area contributed by atoms with Crippen molar-refractivity contribution >= 4 is 28.7 Å². The summed E-state index contributed by atoms with van der Waals surface area (Å²) in [5.41, 5.74) is 4.23. The topological polar surface area (TPSA) is 82.0 Å². The van der Waals surface area contributed by atoms with Crippen LogP contribution in [0.4, 0.5) is 5.13 Å². The minimum Gasteiger partial charge on any atom is -0.493 e. The number of carbonyl (C=O) groups excluding carboxylic acids is 1. The molecule has 0 aliphatic rings. The summed E-state index contributed by atoms with van der Waals surface area (Å²) in [6.07, 6.45) is 1.75. The zero-order valence-corrected chi connectivity index (χ0v) is 13.8. The number of aromatic nitrogens is 1. The third-order valence-corrected chi connectivity index (χ3v) is 3.70. The smallest absolute Gasteiger partial charge is 0.311 e. The van der Waals surface area contributed by atoms with E-state index in [1.54, 1.807) is 25.8 Å². The van der Waals surface area contributed by atoms with E-state index in [0.717, 1.165) is 5.56 Å². The number of esters is 1. The number of nitrogens with one attached hydrogen (secondary N) is 1. The van der Waals surface area contributed by atoms with Gasteiger partial charge in [0.1, 0.15) is 0 Å². The molecule has 0 atom stereocenters. The van der Waals surface area contributed by atoms with Gasteiger partial charge in [-0.25, -0.2) is 4.98 Å². The molecule has 2 aromatic rings. The Labute approximate surface area is 137 Å². The molecule has 0 radical (unpaired) electrons. The van der Waals surface area contributed by atoms with Crippen molar-refractivity contribution in [2.45, 2.75) is 6.42 Å². The summed E-state index contributed by atoms with van der Waals surface area (Å²) in [5, 5.41) is 6.49. The number of nitrogens with zero attached hydrogens (tertiary/aromatic N) is 2. The highest BCUT2D eigenvalue weighted by Crippen LogP contribution is 2.29. The fourth-order valence-electron chi connectivity index (χ4n) is 1.83. The number of hydrogen-bond acceptors (Lipinski definition) is 8. The van der Waals surface area contributed by atoms with E-state index in [4.69, 9.17) is 9.47 Å². The number of carbonyl (C=O) groups is 1. The second kappa shape index (κ2) is 8.14. The largest absolute Gasteiger partial charge is 0.493 e. The summed E-state index contributed by atoms with van der Waals surface area (Å²) in [7, 11) is 4.50. The second-order valence-corrected chi connectivity index (χ2v) is 5.21. The van der Waals surface area contributed by atoms with E-state index in [0.29, 0.717) is 22.3 Å². The summed E-state index contributed by atoms with van der Waals surface area (Å²) >= 11 is 1.36. The maximum Gasteiger partial charge on any atom is 0.311 e. The predicted molar refractivity (Wildman–Crippen MR) is 88.6 cm³/mol. The lowest BCUT2D eigenvalue weighted by atomic mass is 10.2. The molecular formula is C15H17N3O4S. The number of anilines is 1. The van der Waals surface area contributed by atoms with Crippen molar-refractivity contribution in [1.82, 2.24) is 4.98 Å². The number of hydrogen-bond donors (Lipinski definition) is 1. The zero-order valence-electron chi connectivity index (χ0n) is 13.0. The molecular weight excluding hydrogens is 318 g/mol. The van der Waals surface area contributed by atoms with Gasteiger partial charge in [-0.15, -0.1) is 11.3 Å². The highest BCUT2D eigenvalue weighted by Gasteiger charge is 2.08. The molecule has 1 aromatic heterocycles. The molecule has 0 spiro atoms. The van der Waals surface area contributed by atoms with Gasteiger partial charge in [-0.1, -0.05) is 6.07 Å². The molecule has 0 fully saturated rings. The van der Waals surface area contributed by atoms with E-state index in [1.807, 2.05) is 18.2 Å². The van der Waals surface area contributed by atoms with Crippen molar-refractivity contribution in [3.8, 4) is 11.5 Å². The molecule has 2 rings (SSSR count). The second-order valence-electron chi connectivity index (χ2n) is 4.35. The van der Waals surface area contributed by atoms with E-state index in [2.05, 4.69) is 20.2 Å². The molecule has 8 heteroatoms. The molecule has 23 heavy (non-hydrogen) atoms. The summed E-state index contributed by atoms with van der Waals surface area (Å²) in [6, 6.07) is 5.52. The third kappa shape index (κ3) is 4.43. The molecule has 122 valence electrons. The number of thiazole rings is 1. The van der Waals surface area contributed by atoms with Crippen molar-refractivity contribution in [3.63, 3.8) is 0 Å². The molecule has 0 saturated heterocycles. The molecule has 0 amide bonds. The van der Waals surface area contributed by atoms with Gasteiger partial charge >= 0.3 is 5.97 Å². The molecule has 0 bridgehead atoms. The van der Waals surface area contributed by atoms with E-state index < -0.39 is 0 Å². The number of ether oxygens (including phenoxy) is 3. The molecule has 0 aliphatic heterocycles. The van der Waals surface area contributed by atoms with Gasteiger partial charge < -0.3 is 14.2 Å². The van der Waals surface area contributed by atoms with Gasteiger partial charge in [-0.2, -0.15) is 5.10 Å². The van der Waals surface area contributed by atoms with E-state index in [9.17, 15) is 4.79 Å². The van der Waals surface area contributed by atoms with Crippen LogP contribution >= 0.6 is 11.3 Å². The maximum atomic E-state index is 11.2. The van der Waals surface area contributed by atoms with Crippen LogP contribution in [0.15, 0.2) is 28.7 Å². The number of rotatable bonds is 7. The van der Waals surface area contributed by atoms with Crippen LogP contribution < -0.4 is 14.9 Å². The van der Waals surface area contributed by atoms with E-state index >= 15 is 0 Å². The Morgan fingerprint density at radius 1 is 1.35 bits per heavy atom. The van der Waals surface area contributed by atoms with Crippen LogP contribution in [0.5, 0.6) is 11.5 Å². The van der Waals surface area contributed by atoms with Crippen LogP contribution in [0, 0.1) is 0 Å². The summed E-state index contributed by atoms with van der Waals surface area (Å²) in [4.78, 5) is 15.4. The summed E-state index contributed by atoms with van der Waals surface area (Å²) < 4.78 is 15.2. The fraction of sp³-hybridized carbons (Fsp3) is 0.267. The average molecular weight is 335 g/mol. The van der Waals surface area contributed by atoms with Gasteiger partial charge in [0, 0.05) is 10.9 Å².